The number of ether oxygens (including phenoxy) is 2. The van der Waals surface area contributed by atoms with Crippen molar-refractivity contribution in [2.75, 3.05) is 31.0 Å². The molecule has 1 aliphatic heterocycles. The highest BCUT2D eigenvalue weighted by atomic mass is 79.9. The molecule has 0 radical (unpaired) electrons. The highest BCUT2D eigenvalue weighted by molar-refractivity contribution is 9.10. The summed E-state index contributed by atoms with van der Waals surface area (Å²) in [5, 5.41) is 6.09. The molecule has 0 spiro atoms. The third kappa shape index (κ3) is 5.35. The van der Waals surface area contributed by atoms with Crippen LogP contribution in [-0.2, 0) is 14.3 Å². The number of hydrogen-bond donors (Lipinski definition) is 3. The topological polar surface area (TPSA) is 111 Å². The third-order valence-electron chi connectivity index (χ3n) is 5.28. The first-order valence-corrected chi connectivity index (χ1v) is 11.2. The Morgan fingerprint density at radius 2 is 1.91 bits per heavy atom. The molecule has 33 heavy (non-hydrogen) atoms. The molecule has 4 rings (SSSR count). The Morgan fingerprint density at radius 3 is 2.61 bits per heavy atom. The summed E-state index contributed by atoms with van der Waals surface area (Å²) >= 11 is 3.41. The number of hydrogen-bond acceptors (Lipinski definition) is 5. The molecule has 3 amide bonds. The maximum absolute atomic E-state index is 13.1. The van der Waals surface area contributed by atoms with E-state index in [-0.39, 0.29) is 18.3 Å². The number of aromatic nitrogens is 1. The van der Waals surface area contributed by atoms with Crippen LogP contribution < -0.4 is 20.8 Å². The van der Waals surface area contributed by atoms with Crippen molar-refractivity contribution in [1.29, 1.82) is 0 Å². The van der Waals surface area contributed by atoms with E-state index in [0.29, 0.717) is 28.9 Å². The van der Waals surface area contributed by atoms with Gasteiger partial charge < -0.3 is 20.1 Å². The number of benzene rings is 2. The Bertz CT molecular complexity index is 1190. The number of carbonyl (C=O) groups is 3. The van der Waals surface area contributed by atoms with Crippen LogP contribution in [0.5, 0.6) is 5.75 Å². The van der Waals surface area contributed by atoms with Crippen LogP contribution in [0.1, 0.15) is 23.3 Å². The van der Waals surface area contributed by atoms with E-state index in [2.05, 4.69) is 32.0 Å². The third-order valence-corrected chi connectivity index (χ3v) is 5.77. The summed E-state index contributed by atoms with van der Waals surface area (Å²) in [4.78, 5) is 38.0. The molecule has 0 aliphatic carbocycles. The van der Waals surface area contributed by atoms with Gasteiger partial charge in [-0.25, -0.2) is 4.68 Å². The monoisotopic (exact) mass is 514 g/mol. The first-order chi connectivity index (χ1) is 15.9. The average Bonchev–Trinajstić information content (AvgIpc) is 3.46. The number of nitrogens with one attached hydrogen (secondary N) is 3. The number of rotatable bonds is 6. The molecule has 1 atom stereocenters. The normalized spacial score (nSPS) is 15.3. The van der Waals surface area contributed by atoms with Crippen molar-refractivity contribution in [3.63, 3.8) is 0 Å². The minimum atomic E-state index is -0.882. The number of methoxy groups -OCH3 is 1. The smallest absolute Gasteiger partial charge is 0.328 e. The van der Waals surface area contributed by atoms with E-state index in [1.807, 2.05) is 6.07 Å². The van der Waals surface area contributed by atoms with Gasteiger partial charge >= 0.3 is 11.8 Å². The van der Waals surface area contributed by atoms with Crippen LogP contribution in [0.4, 0.5) is 5.69 Å². The second-order valence-electron chi connectivity index (χ2n) is 7.54. The van der Waals surface area contributed by atoms with Crippen molar-refractivity contribution in [2.24, 2.45) is 0 Å². The van der Waals surface area contributed by atoms with Gasteiger partial charge in [0.05, 0.1) is 18.7 Å². The summed E-state index contributed by atoms with van der Waals surface area (Å²) in [6.45, 7) is 0.917. The molecule has 1 fully saturated rings. The van der Waals surface area contributed by atoms with Gasteiger partial charge in [-0.15, -0.1) is 0 Å². The first kappa shape index (κ1) is 22.8. The fourth-order valence-electron chi connectivity index (χ4n) is 3.59. The summed E-state index contributed by atoms with van der Waals surface area (Å²) < 4.78 is 12.7. The van der Waals surface area contributed by atoms with E-state index in [9.17, 15) is 14.4 Å². The maximum Gasteiger partial charge on any atom is 0.328 e. The SMILES string of the molecule is COc1ccc(NC(=O)c2cc3cc(Br)ccc3n2NC(=O)C(=O)NC[C@H]2CCCO2)cc1. The number of amides is 3. The molecule has 1 saturated heterocycles. The molecular formula is C23H23BrN4O5. The lowest BCUT2D eigenvalue weighted by molar-refractivity contribution is -0.136. The Balaban J connectivity index is 1.55. The Hall–Kier alpha value is -3.37. The Labute approximate surface area is 198 Å². The lowest BCUT2D eigenvalue weighted by atomic mass is 10.2. The number of fused-ring (bicyclic) bond motifs is 1. The number of carbonyl (C=O) groups excluding carboxylic acids is 3. The number of anilines is 1. The van der Waals surface area contributed by atoms with Crippen LogP contribution in [-0.4, -0.2) is 48.8 Å². The van der Waals surface area contributed by atoms with Crippen molar-refractivity contribution >= 4 is 50.2 Å². The van der Waals surface area contributed by atoms with Crippen LogP contribution in [0.15, 0.2) is 53.0 Å². The summed E-state index contributed by atoms with van der Waals surface area (Å²) in [5.41, 5.74) is 3.83. The zero-order valence-electron chi connectivity index (χ0n) is 17.9. The molecule has 0 saturated carbocycles. The van der Waals surface area contributed by atoms with E-state index in [1.54, 1.807) is 49.6 Å². The molecule has 0 bridgehead atoms. The molecule has 9 nitrogen and oxygen atoms in total. The van der Waals surface area contributed by atoms with Crippen LogP contribution >= 0.6 is 15.9 Å². The highest BCUT2D eigenvalue weighted by Crippen LogP contribution is 2.24. The summed E-state index contributed by atoms with van der Waals surface area (Å²) in [6, 6.07) is 13.9. The summed E-state index contributed by atoms with van der Waals surface area (Å²) in [7, 11) is 1.56. The first-order valence-electron chi connectivity index (χ1n) is 10.4. The molecule has 0 unspecified atom stereocenters. The molecule has 2 aromatic carbocycles. The standard InChI is InChI=1S/C23H23BrN4O5/c1-32-17-7-5-16(6-8-17)26-21(29)20-12-14-11-15(24)4-9-19(14)28(20)27-23(31)22(30)25-13-18-3-2-10-33-18/h4-9,11-12,18H,2-3,10,13H2,1H3,(H,25,30)(H,26,29)(H,27,31)/t18-/m1/s1. The fourth-order valence-corrected chi connectivity index (χ4v) is 3.97. The number of nitrogens with zero attached hydrogens (tertiary/aromatic N) is 1. The van der Waals surface area contributed by atoms with E-state index in [4.69, 9.17) is 9.47 Å². The molecule has 3 N–H and O–H groups in total. The van der Waals surface area contributed by atoms with Crippen LogP contribution in [0.25, 0.3) is 10.9 Å². The minimum Gasteiger partial charge on any atom is -0.497 e. The van der Waals surface area contributed by atoms with Gasteiger partial charge in [-0.1, -0.05) is 15.9 Å². The lowest BCUT2D eigenvalue weighted by Crippen LogP contribution is -2.42. The largest absolute Gasteiger partial charge is 0.497 e. The van der Waals surface area contributed by atoms with Gasteiger partial charge in [0.1, 0.15) is 11.4 Å². The molecular weight excluding hydrogens is 492 g/mol. The highest BCUT2D eigenvalue weighted by Gasteiger charge is 2.23. The second-order valence-corrected chi connectivity index (χ2v) is 8.45. The van der Waals surface area contributed by atoms with Crippen molar-refractivity contribution in [2.45, 2.75) is 18.9 Å². The molecule has 10 heteroatoms. The Morgan fingerprint density at radius 1 is 1.12 bits per heavy atom. The zero-order valence-corrected chi connectivity index (χ0v) is 19.5. The van der Waals surface area contributed by atoms with Gasteiger partial charge in [-0.2, -0.15) is 0 Å². The van der Waals surface area contributed by atoms with Crippen molar-refractivity contribution in [1.82, 2.24) is 9.99 Å². The van der Waals surface area contributed by atoms with Gasteiger partial charge in [0.2, 0.25) is 0 Å². The average molecular weight is 515 g/mol. The van der Waals surface area contributed by atoms with Gasteiger partial charge in [-0.05, 0) is 61.4 Å². The molecule has 1 aliphatic rings. The zero-order chi connectivity index (χ0) is 23.4. The van der Waals surface area contributed by atoms with Crippen molar-refractivity contribution < 1.29 is 23.9 Å². The molecule has 3 aromatic rings. The predicted molar refractivity (Wildman–Crippen MR) is 127 cm³/mol. The number of halogens is 1. The van der Waals surface area contributed by atoms with E-state index < -0.39 is 17.7 Å². The van der Waals surface area contributed by atoms with E-state index >= 15 is 0 Å². The maximum atomic E-state index is 13.1. The fraction of sp³-hybridized carbons (Fsp3) is 0.261. The quantitative estimate of drug-likeness (QED) is 0.438. The van der Waals surface area contributed by atoms with Gasteiger partial charge in [0.25, 0.3) is 5.91 Å². The van der Waals surface area contributed by atoms with Gasteiger partial charge in [0, 0.05) is 28.7 Å². The summed E-state index contributed by atoms with van der Waals surface area (Å²) in [6.07, 6.45) is 1.69. The molecule has 1 aromatic heterocycles. The van der Waals surface area contributed by atoms with Gasteiger partial charge in [0.15, 0.2) is 0 Å². The molecule has 2 heterocycles. The molecule has 172 valence electrons. The predicted octanol–water partition coefficient (Wildman–Crippen LogP) is 3.03. The summed E-state index contributed by atoms with van der Waals surface area (Å²) in [5.74, 6) is -1.47. The lowest BCUT2D eigenvalue weighted by Gasteiger charge is -2.14. The van der Waals surface area contributed by atoms with Crippen LogP contribution in [0.2, 0.25) is 0 Å². The Kier molecular flexibility index (Phi) is 6.95. The van der Waals surface area contributed by atoms with Crippen molar-refractivity contribution in [3.05, 3.63) is 58.7 Å². The minimum absolute atomic E-state index is 0.0858. The van der Waals surface area contributed by atoms with Crippen LogP contribution in [0, 0.1) is 0 Å². The van der Waals surface area contributed by atoms with E-state index in [1.165, 1.54) is 4.68 Å². The van der Waals surface area contributed by atoms with E-state index in [0.717, 1.165) is 17.3 Å². The second kappa shape index (κ2) is 10.1. The van der Waals surface area contributed by atoms with Crippen molar-refractivity contribution in [3.8, 4) is 5.75 Å². The van der Waals surface area contributed by atoms with Gasteiger partial charge in [-0.3, -0.25) is 19.8 Å². The van der Waals surface area contributed by atoms with Crippen LogP contribution in [0.3, 0.4) is 0 Å².